The number of aliphatic hydroxyl groups excluding tert-OH is 1. The number of nitriles is 1. The molecule has 0 aliphatic carbocycles. The van der Waals surface area contributed by atoms with Crippen molar-refractivity contribution in [3.63, 3.8) is 0 Å². The van der Waals surface area contributed by atoms with Gasteiger partial charge in [-0.15, -0.1) is 0 Å². The Hall–Kier alpha value is -1.52. The van der Waals surface area contributed by atoms with E-state index in [9.17, 15) is 23.9 Å². The molecule has 0 aromatic carbocycles. The summed E-state index contributed by atoms with van der Waals surface area (Å²) in [6.07, 6.45) is 1.18. The van der Waals surface area contributed by atoms with Crippen LogP contribution in [0.3, 0.4) is 0 Å². The molecule has 22 heavy (non-hydrogen) atoms. The maximum absolute atomic E-state index is 13.4. The van der Waals surface area contributed by atoms with Crippen molar-refractivity contribution >= 4 is 5.91 Å². The van der Waals surface area contributed by atoms with Gasteiger partial charge in [-0.2, -0.15) is 5.26 Å². The van der Waals surface area contributed by atoms with Gasteiger partial charge in [0.1, 0.15) is 11.6 Å². The van der Waals surface area contributed by atoms with Crippen LogP contribution in [0.1, 0.15) is 26.7 Å². The summed E-state index contributed by atoms with van der Waals surface area (Å²) in [7, 11) is 0. The molecule has 2 heterocycles. The second kappa shape index (κ2) is 5.94. The highest BCUT2D eigenvalue weighted by atomic mass is 19.3. The number of aliphatic hydroxyl groups is 1. The minimum Gasteiger partial charge on any atom is -0.391 e. The first-order chi connectivity index (χ1) is 10.1. The molecule has 2 aliphatic heterocycles. The molecule has 122 valence electrons. The van der Waals surface area contributed by atoms with E-state index in [0.29, 0.717) is 13.0 Å². The highest BCUT2D eigenvalue weighted by Crippen LogP contribution is 2.33. The molecule has 0 spiro atoms. The first-order valence-electron chi connectivity index (χ1n) is 7.38. The summed E-state index contributed by atoms with van der Waals surface area (Å²) in [4.78, 5) is 15.3. The van der Waals surface area contributed by atoms with Crippen molar-refractivity contribution in [2.24, 2.45) is 0 Å². The zero-order valence-corrected chi connectivity index (χ0v) is 12.9. The Kier molecular flexibility index (Phi) is 4.54. The van der Waals surface area contributed by atoms with Crippen LogP contribution in [-0.4, -0.2) is 64.6 Å². The van der Waals surface area contributed by atoms with Crippen molar-refractivity contribution < 1.29 is 18.7 Å². The molecule has 0 bridgehead atoms. The number of hydrogen-bond donors (Lipinski definition) is 1. The van der Waals surface area contributed by atoms with Gasteiger partial charge in [0, 0.05) is 31.6 Å². The van der Waals surface area contributed by atoms with E-state index in [2.05, 4.69) is 0 Å². The van der Waals surface area contributed by atoms with Crippen LogP contribution in [0.5, 0.6) is 0 Å². The predicted octanol–water partition coefficient (Wildman–Crippen LogP) is 1.15. The Balaban J connectivity index is 2.14. The number of hydrogen-bond acceptors (Lipinski definition) is 4. The lowest BCUT2D eigenvalue weighted by molar-refractivity contribution is -0.126. The van der Waals surface area contributed by atoms with E-state index >= 15 is 0 Å². The highest BCUT2D eigenvalue weighted by Gasteiger charge is 2.43. The fraction of sp³-hybridized carbons (Fsp3) is 0.733. The van der Waals surface area contributed by atoms with Crippen molar-refractivity contribution in [1.29, 1.82) is 5.26 Å². The van der Waals surface area contributed by atoms with Gasteiger partial charge >= 0.3 is 0 Å². The summed E-state index contributed by atoms with van der Waals surface area (Å²) >= 11 is 0. The van der Waals surface area contributed by atoms with E-state index in [1.54, 1.807) is 18.7 Å². The second-order valence-electron chi connectivity index (χ2n) is 6.54. The summed E-state index contributed by atoms with van der Waals surface area (Å²) in [5, 5.41) is 18.7. The van der Waals surface area contributed by atoms with Crippen LogP contribution in [0.15, 0.2) is 11.6 Å². The van der Waals surface area contributed by atoms with Gasteiger partial charge in [-0.25, -0.2) is 8.78 Å². The molecule has 0 aromatic rings. The number of β-amino-alcohol motifs (C(OH)–C–C–N with tert-alkyl or cyclic N) is 1. The molecule has 1 N–H and O–H groups in total. The molecule has 1 atom stereocenters. The Labute approximate surface area is 128 Å². The molecule has 2 rings (SSSR count). The molecule has 0 unspecified atom stereocenters. The molecule has 5 nitrogen and oxygen atoms in total. The SMILES string of the molecule is CC(C)(/C=C(/C#N)C(=O)N1CC[C@H](O)C1)N1CCC(F)(F)C1. The van der Waals surface area contributed by atoms with Crippen LogP contribution in [-0.2, 0) is 4.79 Å². The monoisotopic (exact) mass is 313 g/mol. The number of amides is 1. The average Bonchev–Trinajstić information content (AvgIpc) is 3.01. The van der Waals surface area contributed by atoms with E-state index in [1.807, 2.05) is 6.07 Å². The number of rotatable bonds is 3. The Bertz CT molecular complexity index is 525. The normalized spacial score (nSPS) is 26.3. The number of halogens is 2. The van der Waals surface area contributed by atoms with Gasteiger partial charge in [0.2, 0.25) is 0 Å². The van der Waals surface area contributed by atoms with Crippen LogP contribution in [0.2, 0.25) is 0 Å². The van der Waals surface area contributed by atoms with Crippen molar-refractivity contribution in [3.05, 3.63) is 11.6 Å². The number of carbonyl (C=O) groups is 1. The molecule has 2 saturated heterocycles. The van der Waals surface area contributed by atoms with Crippen molar-refractivity contribution in [2.45, 2.75) is 44.3 Å². The van der Waals surface area contributed by atoms with Crippen LogP contribution in [0, 0.1) is 11.3 Å². The molecule has 1 amide bonds. The lowest BCUT2D eigenvalue weighted by Gasteiger charge is -2.33. The maximum Gasteiger partial charge on any atom is 0.264 e. The molecule has 0 saturated carbocycles. The van der Waals surface area contributed by atoms with Gasteiger partial charge in [-0.1, -0.05) is 0 Å². The van der Waals surface area contributed by atoms with Crippen molar-refractivity contribution in [2.75, 3.05) is 26.2 Å². The van der Waals surface area contributed by atoms with E-state index in [-0.39, 0.29) is 31.6 Å². The molecular formula is C15H21F2N3O2. The lowest BCUT2D eigenvalue weighted by atomic mass is 9.99. The van der Waals surface area contributed by atoms with E-state index in [4.69, 9.17) is 0 Å². The third-order valence-electron chi connectivity index (χ3n) is 4.28. The summed E-state index contributed by atoms with van der Waals surface area (Å²) in [5.41, 5.74) is -0.867. The zero-order valence-electron chi connectivity index (χ0n) is 12.9. The largest absolute Gasteiger partial charge is 0.391 e. The first kappa shape index (κ1) is 16.8. The summed E-state index contributed by atoms with van der Waals surface area (Å²) in [5.74, 6) is -3.17. The standard InChI is InChI=1S/C15H21F2N3O2/c1-14(2,20-6-4-15(16,17)10-20)7-11(8-18)13(22)19-5-3-12(21)9-19/h7,12,21H,3-6,9-10H2,1-2H3/b11-7-/t12-/m0/s1. The maximum atomic E-state index is 13.4. The van der Waals surface area contributed by atoms with Crippen molar-refractivity contribution in [3.8, 4) is 6.07 Å². The fourth-order valence-electron chi connectivity index (χ4n) is 2.91. The third-order valence-corrected chi connectivity index (χ3v) is 4.28. The molecular weight excluding hydrogens is 292 g/mol. The lowest BCUT2D eigenvalue weighted by Crippen LogP contribution is -2.43. The van der Waals surface area contributed by atoms with E-state index < -0.39 is 23.5 Å². The minimum atomic E-state index is -2.72. The Morgan fingerprint density at radius 3 is 2.59 bits per heavy atom. The van der Waals surface area contributed by atoms with E-state index in [0.717, 1.165) is 0 Å². The van der Waals surface area contributed by atoms with Gasteiger partial charge in [-0.3, -0.25) is 9.69 Å². The van der Waals surface area contributed by atoms with Gasteiger partial charge in [-0.05, 0) is 26.3 Å². The predicted molar refractivity (Wildman–Crippen MR) is 76.1 cm³/mol. The molecule has 0 radical (unpaired) electrons. The smallest absolute Gasteiger partial charge is 0.264 e. The minimum absolute atomic E-state index is 0.0608. The Morgan fingerprint density at radius 1 is 1.45 bits per heavy atom. The van der Waals surface area contributed by atoms with Gasteiger partial charge in [0.25, 0.3) is 11.8 Å². The van der Waals surface area contributed by atoms with Crippen molar-refractivity contribution in [1.82, 2.24) is 9.80 Å². The average molecular weight is 313 g/mol. The quantitative estimate of drug-likeness (QED) is 0.627. The summed E-state index contributed by atoms with van der Waals surface area (Å²) in [6.45, 7) is 3.91. The first-order valence-corrected chi connectivity index (χ1v) is 7.38. The van der Waals surface area contributed by atoms with Crippen LogP contribution in [0.4, 0.5) is 8.78 Å². The van der Waals surface area contributed by atoms with Crippen LogP contribution in [0.25, 0.3) is 0 Å². The topological polar surface area (TPSA) is 67.6 Å². The number of nitrogens with zero attached hydrogens (tertiary/aromatic N) is 3. The summed E-state index contributed by atoms with van der Waals surface area (Å²) < 4.78 is 26.7. The molecule has 7 heteroatoms. The fourth-order valence-corrected chi connectivity index (χ4v) is 2.91. The molecule has 2 fully saturated rings. The number of carbonyl (C=O) groups excluding carboxylic acids is 1. The van der Waals surface area contributed by atoms with Crippen LogP contribution < -0.4 is 0 Å². The van der Waals surface area contributed by atoms with Gasteiger partial charge in [0.05, 0.1) is 12.6 Å². The second-order valence-corrected chi connectivity index (χ2v) is 6.54. The zero-order chi connectivity index (χ0) is 16.5. The number of alkyl halides is 2. The highest BCUT2D eigenvalue weighted by molar-refractivity contribution is 5.97. The summed E-state index contributed by atoms with van der Waals surface area (Å²) in [6, 6.07) is 1.87. The molecule has 0 aromatic heterocycles. The number of likely N-dealkylation sites (tertiary alicyclic amines) is 2. The van der Waals surface area contributed by atoms with Gasteiger partial charge in [0.15, 0.2) is 0 Å². The van der Waals surface area contributed by atoms with Gasteiger partial charge < -0.3 is 10.0 Å². The molecule has 2 aliphatic rings. The third kappa shape index (κ3) is 3.62. The van der Waals surface area contributed by atoms with E-state index in [1.165, 1.54) is 11.0 Å². The Morgan fingerprint density at radius 2 is 2.14 bits per heavy atom. The van der Waals surface area contributed by atoms with Crippen LogP contribution >= 0.6 is 0 Å².